The summed E-state index contributed by atoms with van der Waals surface area (Å²) in [7, 11) is 0. The maximum absolute atomic E-state index is 13.3. The Hall–Kier alpha value is -2.68. The van der Waals surface area contributed by atoms with Gasteiger partial charge in [-0.25, -0.2) is 4.79 Å². The Morgan fingerprint density at radius 2 is 1.60 bits per heavy atom. The third-order valence-electron chi connectivity index (χ3n) is 4.52. The van der Waals surface area contributed by atoms with E-state index in [1.807, 2.05) is 37.3 Å². The summed E-state index contributed by atoms with van der Waals surface area (Å²) in [5.74, 6) is -0.339. The Kier molecular flexibility index (Phi) is 6.29. The highest BCUT2D eigenvalue weighted by molar-refractivity contribution is 6.04. The van der Waals surface area contributed by atoms with Gasteiger partial charge in [0.2, 0.25) is 0 Å². The van der Waals surface area contributed by atoms with Gasteiger partial charge in [0.15, 0.2) is 5.78 Å². The summed E-state index contributed by atoms with van der Waals surface area (Å²) in [4.78, 5) is 25.1. The number of rotatable bonds is 8. The molecule has 0 fully saturated rings. The highest BCUT2D eigenvalue weighted by Crippen LogP contribution is 2.36. The van der Waals surface area contributed by atoms with E-state index >= 15 is 0 Å². The monoisotopic (exact) mass is 336 g/mol. The van der Waals surface area contributed by atoms with Crippen LogP contribution >= 0.6 is 0 Å². The van der Waals surface area contributed by atoms with Gasteiger partial charge in [0.25, 0.3) is 0 Å². The van der Waals surface area contributed by atoms with Crippen molar-refractivity contribution < 1.29 is 14.3 Å². The molecule has 2 aromatic carbocycles. The molecule has 130 valence electrons. The Bertz CT molecular complexity index is 732. The van der Waals surface area contributed by atoms with Crippen molar-refractivity contribution in [3.05, 3.63) is 83.9 Å². The van der Waals surface area contributed by atoms with E-state index in [0.29, 0.717) is 30.6 Å². The first-order chi connectivity index (χ1) is 12.1. The molecular formula is C22H24O3. The topological polar surface area (TPSA) is 43.4 Å². The summed E-state index contributed by atoms with van der Waals surface area (Å²) in [5.41, 5.74) is 1.37. The fraction of sp³-hybridized carbons (Fsp3) is 0.273. The van der Waals surface area contributed by atoms with E-state index in [-0.39, 0.29) is 11.8 Å². The van der Waals surface area contributed by atoms with Crippen molar-refractivity contribution in [1.29, 1.82) is 0 Å². The first-order valence-electron chi connectivity index (χ1n) is 8.57. The van der Waals surface area contributed by atoms with Gasteiger partial charge >= 0.3 is 5.97 Å². The molecule has 0 bridgehead atoms. The van der Waals surface area contributed by atoms with Crippen LogP contribution < -0.4 is 0 Å². The van der Waals surface area contributed by atoms with Gasteiger partial charge in [0.05, 0.1) is 17.6 Å². The summed E-state index contributed by atoms with van der Waals surface area (Å²) < 4.78 is 4.99. The number of carbonyl (C=O) groups is 2. The fourth-order valence-electron chi connectivity index (χ4n) is 3.10. The second-order valence-corrected chi connectivity index (χ2v) is 5.92. The van der Waals surface area contributed by atoms with Gasteiger partial charge in [-0.3, -0.25) is 4.79 Å². The first kappa shape index (κ1) is 18.7. The molecule has 0 saturated carbocycles. The van der Waals surface area contributed by atoms with Crippen molar-refractivity contribution in [3.8, 4) is 0 Å². The highest BCUT2D eigenvalue weighted by Gasteiger charge is 2.37. The predicted molar refractivity (Wildman–Crippen MR) is 100.0 cm³/mol. The lowest BCUT2D eigenvalue weighted by atomic mass is 9.70. The van der Waals surface area contributed by atoms with Gasteiger partial charge in [0.1, 0.15) is 0 Å². The molecule has 2 aromatic rings. The number of benzene rings is 2. The minimum atomic E-state index is -0.644. The Morgan fingerprint density at radius 1 is 1.00 bits per heavy atom. The number of Topliss-reactive ketones (excluding diaryl/α,β-unsaturated/α-hetero) is 1. The van der Waals surface area contributed by atoms with Crippen LogP contribution in [-0.4, -0.2) is 18.4 Å². The first-order valence-corrected chi connectivity index (χ1v) is 8.57. The van der Waals surface area contributed by atoms with Gasteiger partial charge in [-0.1, -0.05) is 55.5 Å². The summed E-state index contributed by atoms with van der Waals surface area (Å²) in [6, 6.07) is 16.5. The smallest absolute Gasteiger partial charge is 0.338 e. The zero-order chi connectivity index (χ0) is 18.3. The molecule has 0 amide bonds. The largest absolute Gasteiger partial charge is 0.462 e. The molecule has 0 unspecified atom stereocenters. The Balaban J connectivity index is 2.40. The van der Waals surface area contributed by atoms with Crippen molar-refractivity contribution in [2.75, 3.05) is 6.61 Å². The molecule has 3 nitrogen and oxygen atoms in total. The molecule has 25 heavy (non-hydrogen) atoms. The van der Waals surface area contributed by atoms with Crippen LogP contribution in [0.4, 0.5) is 0 Å². The van der Waals surface area contributed by atoms with Gasteiger partial charge < -0.3 is 4.74 Å². The lowest BCUT2D eigenvalue weighted by Gasteiger charge is -2.31. The van der Waals surface area contributed by atoms with E-state index in [9.17, 15) is 9.59 Å². The minimum Gasteiger partial charge on any atom is -0.462 e. The van der Waals surface area contributed by atoms with Gasteiger partial charge in [-0.15, -0.1) is 6.58 Å². The van der Waals surface area contributed by atoms with Crippen molar-refractivity contribution >= 4 is 11.8 Å². The normalized spacial score (nSPS) is 12.9. The van der Waals surface area contributed by atoms with Crippen LogP contribution in [0.15, 0.2) is 67.3 Å². The number of ether oxygens (including phenoxy) is 1. The average molecular weight is 336 g/mol. The maximum atomic E-state index is 13.3. The van der Waals surface area contributed by atoms with Crippen LogP contribution in [0, 0.1) is 0 Å². The molecule has 0 saturated heterocycles. The van der Waals surface area contributed by atoms with Crippen LogP contribution in [-0.2, 0) is 10.2 Å². The van der Waals surface area contributed by atoms with E-state index in [0.717, 1.165) is 5.56 Å². The lowest BCUT2D eigenvalue weighted by molar-refractivity contribution is 0.0526. The van der Waals surface area contributed by atoms with Crippen molar-refractivity contribution in [2.24, 2.45) is 0 Å². The van der Waals surface area contributed by atoms with Crippen LogP contribution in [0.2, 0.25) is 0 Å². The highest BCUT2D eigenvalue weighted by atomic mass is 16.5. The molecule has 0 aliphatic heterocycles. The predicted octanol–water partition coefficient (Wildman–Crippen LogP) is 4.97. The molecule has 2 rings (SSSR count). The molecule has 0 aliphatic rings. The number of esters is 1. The third-order valence-corrected chi connectivity index (χ3v) is 4.52. The van der Waals surface area contributed by atoms with Crippen molar-refractivity contribution in [2.45, 2.75) is 32.1 Å². The standard InChI is InChI=1S/C22H24O3/c1-4-16-22(5-2,19-10-8-7-9-11-19)20(23)17-12-14-18(15-13-17)21(24)25-6-3/h4,7-15H,1,5-6,16H2,2-3H3/t22-/m1/s1. The lowest BCUT2D eigenvalue weighted by Crippen LogP contribution is -2.35. The van der Waals surface area contributed by atoms with E-state index in [4.69, 9.17) is 4.74 Å². The van der Waals surface area contributed by atoms with Crippen LogP contribution in [0.5, 0.6) is 0 Å². The second-order valence-electron chi connectivity index (χ2n) is 5.92. The number of carbonyl (C=O) groups excluding carboxylic acids is 2. The Labute approximate surface area is 149 Å². The van der Waals surface area contributed by atoms with E-state index in [1.165, 1.54) is 0 Å². The molecule has 0 aromatic heterocycles. The van der Waals surface area contributed by atoms with Crippen molar-refractivity contribution in [1.82, 2.24) is 0 Å². The average Bonchev–Trinajstić information content (AvgIpc) is 2.66. The fourth-order valence-corrected chi connectivity index (χ4v) is 3.10. The molecule has 0 spiro atoms. The van der Waals surface area contributed by atoms with Crippen LogP contribution in [0.25, 0.3) is 0 Å². The quantitative estimate of drug-likeness (QED) is 0.388. The molecule has 0 heterocycles. The number of hydrogen-bond acceptors (Lipinski definition) is 3. The summed E-state index contributed by atoms with van der Waals surface area (Å²) in [6.07, 6.45) is 3.02. The zero-order valence-corrected chi connectivity index (χ0v) is 14.8. The summed E-state index contributed by atoms with van der Waals surface area (Å²) in [5, 5.41) is 0. The van der Waals surface area contributed by atoms with Crippen LogP contribution in [0.1, 0.15) is 53.0 Å². The second kappa shape index (κ2) is 8.43. The van der Waals surface area contributed by atoms with E-state index < -0.39 is 5.41 Å². The molecule has 1 atom stereocenters. The maximum Gasteiger partial charge on any atom is 0.338 e. The Morgan fingerprint density at radius 3 is 2.12 bits per heavy atom. The molecule has 0 N–H and O–H groups in total. The van der Waals surface area contributed by atoms with Gasteiger partial charge in [-0.2, -0.15) is 0 Å². The summed E-state index contributed by atoms with van der Waals surface area (Å²) in [6.45, 7) is 7.94. The van der Waals surface area contributed by atoms with Gasteiger partial charge in [0, 0.05) is 5.56 Å². The zero-order valence-electron chi connectivity index (χ0n) is 14.8. The minimum absolute atomic E-state index is 0.0384. The number of allylic oxidation sites excluding steroid dienone is 1. The van der Waals surface area contributed by atoms with Crippen LogP contribution in [0.3, 0.4) is 0 Å². The molecular weight excluding hydrogens is 312 g/mol. The van der Waals surface area contributed by atoms with Gasteiger partial charge in [-0.05, 0) is 37.5 Å². The number of hydrogen-bond donors (Lipinski definition) is 0. The SMILES string of the molecule is C=CC[C@@](CC)(C(=O)c1ccc(C(=O)OCC)cc1)c1ccccc1. The molecule has 3 heteroatoms. The van der Waals surface area contributed by atoms with Crippen molar-refractivity contribution in [3.63, 3.8) is 0 Å². The third kappa shape index (κ3) is 3.87. The summed E-state index contributed by atoms with van der Waals surface area (Å²) >= 11 is 0. The van der Waals surface area contributed by atoms with E-state index in [1.54, 1.807) is 37.3 Å². The molecule has 0 radical (unpaired) electrons. The molecule has 0 aliphatic carbocycles. The number of ketones is 1. The van der Waals surface area contributed by atoms with E-state index in [2.05, 4.69) is 6.58 Å².